The number of piperidine rings is 1. The molecule has 7 rings (SSSR count). The summed E-state index contributed by atoms with van der Waals surface area (Å²) in [6, 6.07) is 1.87. The Morgan fingerprint density at radius 1 is 0.976 bits per heavy atom. The van der Waals surface area contributed by atoms with Crippen molar-refractivity contribution >= 4 is 5.52 Å². The van der Waals surface area contributed by atoms with E-state index in [1.54, 1.807) is 10.8 Å². The molecule has 2 aromatic rings. The molecule has 0 aromatic carbocycles. The molecule has 0 amide bonds. The molecule has 5 atom stereocenters. The van der Waals surface area contributed by atoms with Crippen LogP contribution >= 0.6 is 0 Å². The molecular formula is C31H45F3N6O. The Hall–Kier alpha value is -1.88. The first-order chi connectivity index (χ1) is 19.8. The highest BCUT2D eigenvalue weighted by molar-refractivity contribution is 5.56. The zero-order chi connectivity index (χ0) is 28.3. The number of imidazole rings is 1. The lowest BCUT2D eigenvalue weighted by Gasteiger charge is -2.46. The molecule has 3 unspecified atom stereocenters. The Kier molecular flexibility index (Phi) is 7.49. The molecule has 5 aliphatic rings. The normalized spacial score (nSPS) is 31.5. The molecule has 10 heteroatoms. The Morgan fingerprint density at radius 2 is 1.76 bits per heavy atom. The van der Waals surface area contributed by atoms with Gasteiger partial charge in [0, 0.05) is 37.6 Å². The van der Waals surface area contributed by atoms with Crippen molar-refractivity contribution in [2.75, 3.05) is 19.8 Å². The quantitative estimate of drug-likeness (QED) is 0.467. The van der Waals surface area contributed by atoms with Crippen LogP contribution in [0.25, 0.3) is 5.52 Å². The Bertz CT molecular complexity index is 1300. The number of alkyl halides is 3. The zero-order valence-corrected chi connectivity index (χ0v) is 24.2. The van der Waals surface area contributed by atoms with Gasteiger partial charge in [0.05, 0.1) is 23.9 Å². The summed E-state index contributed by atoms with van der Waals surface area (Å²) in [5, 5.41) is 0. The number of hydrogen-bond acceptors (Lipinski definition) is 5. The third-order valence-electron chi connectivity index (χ3n) is 10.9. The van der Waals surface area contributed by atoms with E-state index in [2.05, 4.69) is 27.6 Å². The molecule has 7 nitrogen and oxygen atoms in total. The first-order valence-corrected chi connectivity index (χ1v) is 16.1. The molecule has 2 saturated heterocycles. The summed E-state index contributed by atoms with van der Waals surface area (Å²) in [5.74, 6) is 2.16. The summed E-state index contributed by atoms with van der Waals surface area (Å²) in [4.78, 5) is 18.6. The maximum absolute atomic E-state index is 14.3. The molecule has 0 spiro atoms. The van der Waals surface area contributed by atoms with Crippen molar-refractivity contribution in [3.8, 4) is 0 Å². The summed E-state index contributed by atoms with van der Waals surface area (Å²) in [6.45, 7) is 5.27. The van der Waals surface area contributed by atoms with Gasteiger partial charge in [0.1, 0.15) is 0 Å². The molecule has 2 aliphatic heterocycles. The second kappa shape index (κ2) is 11.0. The highest BCUT2D eigenvalue weighted by Crippen LogP contribution is 2.48. The van der Waals surface area contributed by atoms with Crippen LogP contribution in [-0.4, -0.2) is 50.7 Å². The Morgan fingerprint density at radius 3 is 2.46 bits per heavy atom. The molecule has 3 saturated carbocycles. The van der Waals surface area contributed by atoms with E-state index in [1.807, 2.05) is 0 Å². The lowest BCUT2D eigenvalue weighted by molar-refractivity contribution is -0.136. The SMILES string of the molecule is C[C@H]1CCCN(Cc2cc(C(F)(F)F)c3cn(C4CCCC([C@H](C5CCC5)C5NNCN5C5CC5)C4)c(=O)n3c2)C1. The van der Waals surface area contributed by atoms with Crippen LogP contribution in [0, 0.1) is 23.7 Å². The van der Waals surface area contributed by atoms with Crippen molar-refractivity contribution in [3.05, 3.63) is 40.1 Å². The number of rotatable bonds is 7. The molecule has 0 bridgehead atoms. The molecule has 5 fully saturated rings. The van der Waals surface area contributed by atoms with Gasteiger partial charge in [-0.3, -0.25) is 18.8 Å². The summed E-state index contributed by atoms with van der Waals surface area (Å²) in [5.41, 5.74) is 6.52. The second-order valence-electron chi connectivity index (χ2n) is 13.8. The average molecular weight is 575 g/mol. The third-order valence-corrected chi connectivity index (χ3v) is 10.9. The zero-order valence-electron chi connectivity index (χ0n) is 24.2. The minimum absolute atomic E-state index is 0.0162. The minimum atomic E-state index is -4.52. The van der Waals surface area contributed by atoms with Crippen LogP contribution in [0.15, 0.2) is 23.3 Å². The van der Waals surface area contributed by atoms with Crippen molar-refractivity contribution in [1.82, 2.24) is 29.6 Å². The van der Waals surface area contributed by atoms with Gasteiger partial charge >= 0.3 is 11.9 Å². The monoisotopic (exact) mass is 574 g/mol. The van der Waals surface area contributed by atoms with Crippen molar-refractivity contribution in [3.63, 3.8) is 0 Å². The smallest absolute Gasteiger partial charge is 0.299 e. The van der Waals surface area contributed by atoms with E-state index in [4.69, 9.17) is 0 Å². The van der Waals surface area contributed by atoms with Crippen LogP contribution < -0.4 is 16.5 Å². The molecule has 3 aliphatic carbocycles. The number of halogens is 3. The van der Waals surface area contributed by atoms with Gasteiger partial charge in [-0.1, -0.05) is 32.6 Å². The summed E-state index contributed by atoms with van der Waals surface area (Å²) < 4.78 is 46.0. The van der Waals surface area contributed by atoms with Crippen LogP contribution in [0.1, 0.15) is 94.7 Å². The lowest BCUT2D eigenvalue weighted by Crippen LogP contribution is -2.51. The van der Waals surface area contributed by atoms with E-state index >= 15 is 0 Å². The van der Waals surface area contributed by atoms with Crippen LogP contribution in [0.2, 0.25) is 0 Å². The van der Waals surface area contributed by atoms with E-state index in [1.165, 1.54) is 48.8 Å². The van der Waals surface area contributed by atoms with Crippen molar-refractivity contribution < 1.29 is 13.2 Å². The number of fused-ring (bicyclic) bond motifs is 1. The summed E-state index contributed by atoms with van der Waals surface area (Å²) in [6.07, 6.45) is 11.3. The van der Waals surface area contributed by atoms with Gasteiger partial charge in [-0.25, -0.2) is 15.6 Å². The number of pyridine rings is 1. The Balaban J connectivity index is 1.18. The summed E-state index contributed by atoms with van der Waals surface area (Å²) in [7, 11) is 0. The molecule has 2 aromatic heterocycles. The minimum Gasteiger partial charge on any atom is -0.299 e. The van der Waals surface area contributed by atoms with Gasteiger partial charge in [-0.05, 0) is 86.8 Å². The van der Waals surface area contributed by atoms with Gasteiger partial charge in [0.15, 0.2) is 0 Å². The number of likely N-dealkylation sites (tertiary alicyclic amines) is 1. The van der Waals surface area contributed by atoms with Crippen molar-refractivity contribution in [2.45, 2.75) is 109 Å². The third kappa shape index (κ3) is 5.50. The van der Waals surface area contributed by atoms with E-state index in [9.17, 15) is 18.0 Å². The maximum Gasteiger partial charge on any atom is 0.418 e. The topological polar surface area (TPSA) is 57.0 Å². The summed E-state index contributed by atoms with van der Waals surface area (Å²) >= 11 is 0. The first-order valence-electron chi connectivity index (χ1n) is 16.1. The molecule has 4 heterocycles. The number of nitrogens with zero attached hydrogens (tertiary/aromatic N) is 4. The van der Waals surface area contributed by atoms with Gasteiger partial charge in [-0.15, -0.1) is 0 Å². The van der Waals surface area contributed by atoms with Gasteiger partial charge in [0.2, 0.25) is 0 Å². The number of aromatic nitrogens is 2. The molecular weight excluding hydrogens is 529 g/mol. The highest BCUT2D eigenvalue weighted by atomic mass is 19.4. The highest BCUT2D eigenvalue weighted by Gasteiger charge is 2.47. The van der Waals surface area contributed by atoms with E-state index in [0.29, 0.717) is 48.0 Å². The average Bonchev–Trinajstić information content (AvgIpc) is 3.55. The Labute approximate surface area is 240 Å². The maximum atomic E-state index is 14.3. The molecule has 226 valence electrons. The predicted molar refractivity (Wildman–Crippen MR) is 152 cm³/mol. The van der Waals surface area contributed by atoms with Crippen LogP contribution in [0.4, 0.5) is 13.2 Å². The first kappa shape index (κ1) is 27.9. The van der Waals surface area contributed by atoms with Crippen LogP contribution in [0.3, 0.4) is 0 Å². The fraction of sp³-hybridized carbons (Fsp3) is 0.774. The van der Waals surface area contributed by atoms with Crippen molar-refractivity contribution in [1.29, 1.82) is 0 Å². The van der Waals surface area contributed by atoms with Crippen LogP contribution in [0.5, 0.6) is 0 Å². The van der Waals surface area contributed by atoms with Crippen LogP contribution in [-0.2, 0) is 12.7 Å². The fourth-order valence-corrected chi connectivity index (χ4v) is 8.56. The number of nitrogens with one attached hydrogen (secondary N) is 2. The lowest BCUT2D eigenvalue weighted by atomic mass is 9.65. The predicted octanol–water partition coefficient (Wildman–Crippen LogP) is 5.36. The van der Waals surface area contributed by atoms with Gasteiger partial charge in [-0.2, -0.15) is 13.2 Å². The molecule has 41 heavy (non-hydrogen) atoms. The van der Waals surface area contributed by atoms with Gasteiger partial charge in [0.25, 0.3) is 0 Å². The molecule has 2 N–H and O–H groups in total. The van der Waals surface area contributed by atoms with Crippen molar-refractivity contribution in [2.24, 2.45) is 23.7 Å². The van der Waals surface area contributed by atoms with E-state index < -0.39 is 11.7 Å². The largest absolute Gasteiger partial charge is 0.418 e. The fourth-order valence-electron chi connectivity index (χ4n) is 8.56. The van der Waals surface area contributed by atoms with Gasteiger partial charge < -0.3 is 0 Å². The number of hydrazine groups is 1. The van der Waals surface area contributed by atoms with E-state index in [-0.39, 0.29) is 17.2 Å². The number of hydrogen-bond donors (Lipinski definition) is 2. The standard InChI is InChI=1S/C31H45F3N6O/c1-20-5-4-12-37(15-20)16-21-13-26(31(32,33)34)27-18-38(30(41)39(27)17-21)25-9-3-8-23(14-25)28(22-6-2-7-22)29-36-35-19-40(29)24-10-11-24/h13,17-18,20,22-25,28-29,35-36H,2-12,14-16,19H2,1H3/t20-,23?,25?,28-,29?/m0/s1. The molecule has 0 radical (unpaired) electrons. The van der Waals surface area contributed by atoms with E-state index in [0.717, 1.165) is 58.3 Å². The second-order valence-corrected chi connectivity index (χ2v) is 13.8.